The average molecular weight is 392 g/mol. The Morgan fingerprint density at radius 1 is 0.846 bits per heavy atom. The van der Waals surface area contributed by atoms with Crippen LogP contribution in [0.2, 0.25) is 0 Å². The molecule has 2 aromatic rings. The Labute approximate surface area is 154 Å². The number of rotatable bonds is 3. The van der Waals surface area contributed by atoms with Crippen LogP contribution >= 0.6 is 0 Å². The monoisotopic (exact) mass is 391 g/mol. The molecule has 1 saturated carbocycles. The standard InChI is InChI=1S/C19H21NO4S2/c1-25(21,22)15-8-10-16(11-9-15)26(23,24)20-14-19(12-4-5-13-19)17-6-2-3-7-18(17)20/h2-3,6-11H,4-5,12-14H2,1H3. The van der Waals surface area contributed by atoms with Gasteiger partial charge in [0, 0.05) is 18.2 Å². The largest absolute Gasteiger partial charge is 0.265 e. The van der Waals surface area contributed by atoms with Gasteiger partial charge in [0.05, 0.1) is 15.5 Å². The maximum atomic E-state index is 13.3. The number of para-hydroxylation sites is 1. The number of fused-ring (bicyclic) bond motifs is 2. The summed E-state index contributed by atoms with van der Waals surface area (Å²) in [5.74, 6) is 0. The van der Waals surface area contributed by atoms with Gasteiger partial charge < -0.3 is 0 Å². The van der Waals surface area contributed by atoms with E-state index in [2.05, 4.69) is 0 Å². The number of hydrogen-bond acceptors (Lipinski definition) is 4. The molecule has 1 aliphatic carbocycles. The SMILES string of the molecule is CS(=O)(=O)c1ccc(S(=O)(=O)N2CC3(CCCC3)c3ccccc32)cc1. The van der Waals surface area contributed by atoms with E-state index < -0.39 is 19.9 Å². The lowest BCUT2D eigenvalue weighted by atomic mass is 9.81. The molecule has 1 spiro atoms. The second-order valence-electron chi connectivity index (χ2n) is 7.26. The van der Waals surface area contributed by atoms with Crippen LogP contribution in [-0.2, 0) is 25.3 Å². The van der Waals surface area contributed by atoms with Gasteiger partial charge in [0.25, 0.3) is 10.0 Å². The summed E-state index contributed by atoms with van der Waals surface area (Å²) in [5, 5.41) is 0. The molecule has 0 aromatic heterocycles. The molecule has 5 nitrogen and oxygen atoms in total. The lowest BCUT2D eigenvalue weighted by molar-refractivity contribution is 0.477. The van der Waals surface area contributed by atoms with Crippen molar-refractivity contribution in [1.29, 1.82) is 0 Å². The van der Waals surface area contributed by atoms with Gasteiger partial charge >= 0.3 is 0 Å². The second-order valence-corrected chi connectivity index (χ2v) is 11.1. The molecule has 2 aromatic carbocycles. The summed E-state index contributed by atoms with van der Waals surface area (Å²) in [6.07, 6.45) is 5.35. The van der Waals surface area contributed by atoms with E-state index in [0.717, 1.165) is 43.2 Å². The number of benzene rings is 2. The molecular formula is C19H21NO4S2. The number of sulfone groups is 1. The Kier molecular flexibility index (Phi) is 3.93. The molecule has 1 fully saturated rings. The number of sulfonamides is 1. The van der Waals surface area contributed by atoms with E-state index >= 15 is 0 Å². The van der Waals surface area contributed by atoms with E-state index in [4.69, 9.17) is 0 Å². The Bertz CT molecular complexity index is 1050. The van der Waals surface area contributed by atoms with Crippen molar-refractivity contribution in [3.05, 3.63) is 54.1 Å². The maximum Gasteiger partial charge on any atom is 0.264 e. The van der Waals surface area contributed by atoms with Crippen molar-refractivity contribution in [3.63, 3.8) is 0 Å². The van der Waals surface area contributed by atoms with E-state index in [9.17, 15) is 16.8 Å². The fourth-order valence-electron chi connectivity index (χ4n) is 4.26. The van der Waals surface area contributed by atoms with Crippen LogP contribution in [0.15, 0.2) is 58.3 Å². The Morgan fingerprint density at radius 3 is 2.04 bits per heavy atom. The number of nitrogens with zero attached hydrogens (tertiary/aromatic N) is 1. The van der Waals surface area contributed by atoms with Crippen LogP contribution in [0.5, 0.6) is 0 Å². The molecule has 0 saturated heterocycles. The first-order valence-electron chi connectivity index (χ1n) is 8.66. The summed E-state index contributed by atoms with van der Waals surface area (Å²) in [7, 11) is -7.10. The highest BCUT2D eigenvalue weighted by atomic mass is 32.2. The van der Waals surface area contributed by atoms with Crippen molar-refractivity contribution in [3.8, 4) is 0 Å². The lowest BCUT2D eigenvalue weighted by Gasteiger charge is -2.25. The van der Waals surface area contributed by atoms with Crippen LogP contribution in [0.3, 0.4) is 0 Å². The lowest BCUT2D eigenvalue weighted by Crippen LogP contribution is -2.35. The Balaban J connectivity index is 1.77. The summed E-state index contributed by atoms with van der Waals surface area (Å²) in [6.45, 7) is 0.461. The predicted octanol–water partition coefficient (Wildman–Crippen LogP) is 3.11. The molecule has 1 heterocycles. The fourth-order valence-corrected chi connectivity index (χ4v) is 6.46. The summed E-state index contributed by atoms with van der Waals surface area (Å²) >= 11 is 0. The van der Waals surface area contributed by atoms with Crippen LogP contribution in [-0.4, -0.2) is 29.6 Å². The fraction of sp³-hybridized carbons (Fsp3) is 0.368. The van der Waals surface area contributed by atoms with Gasteiger partial charge in [0.15, 0.2) is 9.84 Å². The highest BCUT2D eigenvalue weighted by Crippen LogP contribution is 2.51. The van der Waals surface area contributed by atoms with Crippen LogP contribution in [0.25, 0.3) is 0 Å². The zero-order chi connectivity index (χ0) is 18.6. The minimum Gasteiger partial charge on any atom is -0.265 e. The van der Waals surface area contributed by atoms with Gasteiger partial charge in [-0.05, 0) is 48.7 Å². The first-order chi connectivity index (χ1) is 12.2. The second kappa shape index (κ2) is 5.82. The molecule has 0 radical (unpaired) electrons. The Morgan fingerprint density at radius 2 is 1.42 bits per heavy atom. The molecule has 2 aliphatic rings. The summed E-state index contributed by atoms with van der Waals surface area (Å²) in [4.78, 5) is 0.236. The van der Waals surface area contributed by atoms with Gasteiger partial charge in [-0.25, -0.2) is 16.8 Å². The van der Waals surface area contributed by atoms with Gasteiger partial charge in [-0.3, -0.25) is 4.31 Å². The molecule has 1 aliphatic heterocycles. The molecule has 4 rings (SSSR count). The van der Waals surface area contributed by atoms with Crippen molar-refractivity contribution >= 4 is 25.5 Å². The highest BCUT2D eigenvalue weighted by molar-refractivity contribution is 7.93. The van der Waals surface area contributed by atoms with E-state index in [1.807, 2.05) is 24.3 Å². The average Bonchev–Trinajstić information content (AvgIpc) is 3.21. The smallest absolute Gasteiger partial charge is 0.264 e. The summed E-state index contributed by atoms with van der Waals surface area (Å²) in [6, 6.07) is 13.2. The first kappa shape index (κ1) is 17.5. The van der Waals surface area contributed by atoms with E-state index in [0.29, 0.717) is 6.54 Å². The van der Waals surface area contributed by atoms with Crippen molar-refractivity contribution in [1.82, 2.24) is 0 Å². The van der Waals surface area contributed by atoms with Crippen molar-refractivity contribution in [2.45, 2.75) is 40.9 Å². The molecule has 0 N–H and O–H groups in total. The summed E-state index contributed by atoms with van der Waals surface area (Å²) < 4.78 is 51.3. The normalized spacial score (nSPS) is 19.0. The van der Waals surface area contributed by atoms with Crippen LogP contribution in [0, 0.1) is 0 Å². The molecule has 26 heavy (non-hydrogen) atoms. The third-order valence-electron chi connectivity index (χ3n) is 5.59. The van der Waals surface area contributed by atoms with Crippen molar-refractivity contribution < 1.29 is 16.8 Å². The molecule has 7 heteroatoms. The maximum absolute atomic E-state index is 13.3. The van der Waals surface area contributed by atoms with Crippen molar-refractivity contribution in [2.24, 2.45) is 0 Å². The molecule has 138 valence electrons. The van der Waals surface area contributed by atoms with E-state index in [1.54, 1.807) is 0 Å². The minimum atomic E-state index is -3.74. The molecular weight excluding hydrogens is 370 g/mol. The Hall–Kier alpha value is -1.86. The van der Waals surface area contributed by atoms with Crippen LogP contribution in [0.1, 0.15) is 31.2 Å². The highest BCUT2D eigenvalue weighted by Gasteiger charge is 2.47. The third-order valence-corrected chi connectivity index (χ3v) is 8.49. The summed E-state index contributed by atoms with van der Waals surface area (Å²) in [5.41, 5.74) is 1.78. The first-order valence-corrected chi connectivity index (χ1v) is 12.0. The number of hydrogen-bond donors (Lipinski definition) is 0. The predicted molar refractivity (Wildman–Crippen MR) is 101 cm³/mol. The zero-order valence-corrected chi connectivity index (χ0v) is 16.2. The van der Waals surface area contributed by atoms with Gasteiger partial charge in [-0.1, -0.05) is 31.0 Å². The topological polar surface area (TPSA) is 71.5 Å². The van der Waals surface area contributed by atoms with Crippen LogP contribution in [0.4, 0.5) is 5.69 Å². The molecule has 0 bridgehead atoms. The third kappa shape index (κ3) is 2.65. The minimum absolute atomic E-state index is 0.0869. The van der Waals surface area contributed by atoms with E-state index in [-0.39, 0.29) is 15.2 Å². The van der Waals surface area contributed by atoms with Gasteiger partial charge in [-0.15, -0.1) is 0 Å². The van der Waals surface area contributed by atoms with Crippen LogP contribution < -0.4 is 4.31 Å². The van der Waals surface area contributed by atoms with Gasteiger partial charge in [-0.2, -0.15) is 0 Å². The van der Waals surface area contributed by atoms with Gasteiger partial charge in [0.1, 0.15) is 0 Å². The van der Waals surface area contributed by atoms with Crippen molar-refractivity contribution in [2.75, 3.05) is 17.1 Å². The van der Waals surface area contributed by atoms with Gasteiger partial charge in [0.2, 0.25) is 0 Å². The quantitative estimate of drug-likeness (QED) is 0.806. The van der Waals surface area contributed by atoms with E-state index in [1.165, 1.54) is 28.6 Å². The molecule has 0 atom stereocenters. The molecule has 0 amide bonds. The zero-order valence-electron chi connectivity index (χ0n) is 14.6. The molecule has 0 unspecified atom stereocenters. The number of anilines is 1.